The van der Waals surface area contributed by atoms with Crippen molar-refractivity contribution < 1.29 is 13.2 Å². The van der Waals surface area contributed by atoms with Gasteiger partial charge in [-0.15, -0.1) is 0 Å². The van der Waals surface area contributed by atoms with E-state index in [1.165, 1.54) is 16.8 Å². The molecule has 1 amide bonds. The fourth-order valence-electron chi connectivity index (χ4n) is 2.87. The maximum atomic E-state index is 12.6. The van der Waals surface area contributed by atoms with Gasteiger partial charge in [0.05, 0.1) is 16.8 Å². The first-order valence-electron chi connectivity index (χ1n) is 7.48. The Bertz CT molecular complexity index is 879. The molecular weight excluding hydrogens is 352 g/mol. The zero-order chi connectivity index (χ0) is 17.3. The molecule has 3 rings (SSSR count). The van der Waals surface area contributed by atoms with Gasteiger partial charge in [0.1, 0.15) is 11.4 Å². The largest absolute Gasteiger partial charge is 0.368 e. The van der Waals surface area contributed by atoms with Crippen LogP contribution in [0.4, 0.5) is 0 Å². The quantitative estimate of drug-likeness (QED) is 0.831. The monoisotopic (exact) mass is 368 g/mol. The molecule has 1 heterocycles. The highest BCUT2D eigenvalue weighted by Crippen LogP contribution is 2.31. The average molecular weight is 369 g/mol. The molecule has 0 aliphatic heterocycles. The molecule has 1 atom stereocenters. The number of benzene rings is 1. The minimum Gasteiger partial charge on any atom is -0.368 e. The van der Waals surface area contributed by atoms with Gasteiger partial charge in [0.2, 0.25) is 15.9 Å². The second-order valence-electron chi connectivity index (χ2n) is 5.70. The third-order valence-corrected chi connectivity index (χ3v) is 5.85. The smallest absolute Gasteiger partial charge is 0.242 e. The Morgan fingerprint density at radius 2 is 2.17 bits per heavy atom. The number of carbonyl (C=O) groups is 1. The molecule has 0 spiro atoms. The van der Waals surface area contributed by atoms with E-state index in [-0.39, 0.29) is 16.5 Å². The molecule has 128 valence electrons. The Kier molecular flexibility index (Phi) is 4.62. The minimum absolute atomic E-state index is 0.0308. The van der Waals surface area contributed by atoms with Crippen molar-refractivity contribution >= 4 is 27.5 Å². The van der Waals surface area contributed by atoms with Crippen LogP contribution in [0.1, 0.15) is 30.1 Å². The molecule has 0 radical (unpaired) electrons. The van der Waals surface area contributed by atoms with Gasteiger partial charge < -0.3 is 5.73 Å². The molecule has 1 aliphatic carbocycles. The van der Waals surface area contributed by atoms with E-state index in [0.29, 0.717) is 12.1 Å². The molecule has 24 heavy (non-hydrogen) atoms. The lowest BCUT2D eigenvalue weighted by molar-refractivity contribution is -0.118. The molecule has 9 heteroatoms. The van der Waals surface area contributed by atoms with E-state index in [1.54, 1.807) is 18.3 Å². The number of hydrogen-bond donors (Lipinski definition) is 2. The van der Waals surface area contributed by atoms with Gasteiger partial charge in [-0.3, -0.25) is 9.48 Å². The molecule has 0 fully saturated rings. The molecular formula is C15H17ClN4O3S. The number of aryl methyl sites for hydroxylation is 1. The van der Waals surface area contributed by atoms with Gasteiger partial charge in [-0.1, -0.05) is 23.7 Å². The highest BCUT2D eigenvalue weighted by atomic mass is 35.5. The second-order valence-corrected chi connectivity index (χ2v) is 7.79. The second kappa shape index (κ2) is 6.54. The summed E-state index contributed by atoms with van der Waals surface area (Å²) in [5.74, 6) is -0.497. The number of nitrogens with one attached hydrogen (secondary N) is 1. The van der Waals surface area contributed by atoms with E-state index in [9.17, 15) is 13.2 Å². The van der Waals surface area contributed by atoms with Crippen molar-refractivity contribution in [2.75, 3.05) is 0 Å². The maximum Gasteiger partial charge on any atom is 0.242 e. The van der Waals surface area contributed by atoms with E-state index >= 15 is 0 Å². The number of rotatable bonds is 5. The van der Waals surface area contributed by atoms with Crippen LogP contribution >= 0.6 is 11.6 Å². The summed E-state index contributed by atoms with van der Waals surface area (Å²) < 4.78 is 29.3. The summed E-state index contributed by atoms with van der Waals surface area (Å²) in [5, 5.41) is 4.50. The van der Waals surface area contributed by atoms with Crippen molar-refractivity contribution in [3.63, 3.8) is 0 Å². The van der Waals surface area contributed by atoms with Crippen molar-refractivity contribution in [1.29, 1.82) is 0 Å². The molecule has 0 saturated carbocycles. The van der Waals surface area contributed by atoms with E-state index < -0.39 is 22.0 Å². The molecule has 7 nitrogen and oxygen atoms in total. The predicted octanol–water partition coefficient (Wildman–Crippen LogP) is 1.38. The standard InChI is InChI=1S/C15H17ClN4O3S/c16-11-5-1-2-7-13(11)24(22,23)19-12-6-3-4-10-8-20(9-14(17)21)18-15(10)12/h1-2,5,7-8,12,19H,3-4,6,9H2,(H2,17,21)/t12-/m1/s1. The van der Waals surface area contributed by atoms with Crippen LogP contribution in [0, 0.1) is 0 Å². The predicted molar refractivity (Wildman–Crippen MR) is 88.9 cm³/mol. The van der Waals surface area contributed by atoms with Crippen LogP contribution in [0.3, 0.4) is 0 Å². The Morgan fingerprint density at radius 3 is 2.88 bits per heavy atom. The summed E-state index contributed by atoms with van der Waals surface area (Å²) in [4.78, 5) is 11.1. The van der Waals surface area contributed by atoms with Gasteiger partial charge in [-0.05, 0) is 37.0 Å². The fraction of sp³-hybridized carbons (Fsp3) is 0.333. The summed E-state index contributed by atoms with van der Waals surface area (Å²) in [7, 11) is -3.77. The minimum atomic E-state index is -3.77. The van der Waals surface area contributed by atoms with E-state index in [4.69, 9.17) is 17.3 Å². The SMILES string of the molecule is NC(=O)Cn1cc2c(n1)[C@H](NS(=O)(=O)c1ccccc1Cl)CCC2. The third kappa shape index (κ3) is 3.45. The van der Waals surface area contributed by atoms with Crippen molar-refractivity contribution in [3.05, 3.63) is 46.7 Å². The number of aromatic nitrogens is 2. The fourth-order valence-corrected chi connectivity index (χ4v) is 4.62. The van der Waals surface area contributed by atoms with Gasteiger partial charge in [-0.2, -0.15) is 5.10 Å². The lowest BCUT2D eigenvalue weighted by Gasteiger charge is -2.22. The number of halogens is 1. The summed E-state index contributed by atoms with van der Waals surface area (Å²) in [6.07, 6.45) is 3.99. The van der Waals surface area contributed by atoms with Crippen LogP contribution in [0.5, 0.6) is 0 Å². The molecule has 0 saturated heterocycles. The lowest BCUT2D eigenvalue weighted by atomic mass is 9.94. The zero-order valence-electron chi connectivity index (χ0n) is 12.8. The van der Waals surface area contributed by atoms with Crippen LogP contribution in [-0.2, 0) is 27.8 Å². The molecule has 0 unspecified atom stereocenters. The number of primary amides is 1. The molecule has 0 bridgehead atoms. The maximum absolute atomic E-state index is 12.6. The molecule has 3 N–H and O–H groups in total. The lowest BCUT2D eigenvalue weighted by Crippen LogP contribution is -2.31. The third-order valence-electron chi connectivity index (χ3n) is 3.88. The topological polar surface area (TPSA) is 107 Å². The van der Waals surface area contributed by atoms with Crippen LogP contribution in [0.2, 0.25) is 5.02 Å². The first-order valence-corrected chi connectivity index (χ1v) is 9.34. The molecule has 1 aliphatic rings. The summed E-state index contributed by atoms with van der Waals surface area (Å²) in [6, 6.07) is 5.83. The first-order chi connectivity index (χ1) is 11.4. The Hall–Kier alpha value is -1.90. The summed E-state index contributed by atoms with van der Waals surface area (Å²) in [5.41, 5.74) is 6.75. The Balaban J connectivity index is 1.88. The average Bonchev–Trinajstić information content (AvgIpc) is 2.90. The van der Waals surface area contributed by atoms with Gasteiger partial charge in [0, 0.05) is 6.20 Å². The van der Waals surface area contributed by atoms with E-state index in [1.807, 2.05) is 0 Å². The van der Waals surface area contributed by atoms with Crippen LogP contribution in [-0.4, -0.2) is 24.1 Å². The first kappa shape index (κ1) is 16.9. The van der Waals surface area contributed by atoms with Crippen molar-refractivity contribution in [2.24, 2.45) is 5.73 Å². The van der Waals surface area contributed by atoms with E-state index in [0.717, 1.165) is 18.4 Å². The highest BCUT2D eigenvalue weighted by molar-refractivity contribution is 7.89. The van der Waals surface area contributed by atoms with Crippen LogP contribution in [0.15, 0.2) is 35.4 Å². The summed E-state index contributed by atoms with van der Waals surface area (Å²) >= 11 is 6.00. The zero-order valence-corrected chi connectivity index (χ0v) is 14.3. The number of carbonyl (C=O) groups excluding carboxylic acids is 1. The van der Waals surface area contributed by atoms with Gasteiger partial charge >= 0.3 is 0 Å². The number of nitrogens with two attached hydrogens (primary N) is 1. The van der Waals surface area contributed by atoms with Crippen LogP contribution < -0.4 is 10.5 Å². The molecule has 2 aromatic rings. The van der Waals surface area contributed by atoms with Crippen molar-refractivity contribution in [1.82, 2.24) is 14.5 Å². The Labute approximate surface area is 144 Å². The number of sulfonamides is 1. The van der Waals surface area contributed by atoms with Crippen molar-refractivity contribution in [3.8, 4) is 0 Å². The number of fused-ring (bicyclic) bond motifs is 1. The van der Waals surface area contributed by atoms with Crippen LogP contribution in [0.25, 0.3) is 0 Å². The normalized spacial score (nSPS) is 17.5. The number of amides is 1. The van der Waals surface area contributed by atoms with Gasteiger partial charge in [0.15, 0.2) is 0 Å². The number of hydrogen-bond acceptors (Lipinski definition) is 4. The molecule has 1 aromatic heterocycles. The van der Waals surface area contributed by atoms with E-state index in [2.05, 4.69) is 9.82 Å². The highest BCUT2D eigenvalue weighted by Gasteiger charge is 2.29. The van der Waals surface area contributed by atoms with Gasteiger partial charge in [0.25, 0.3) is 0 Å². The Morgan fingerprint density at radius 1 is 1.42 bits per heavy atom. The van der Waals surface area contributed by atoms with Crippen molar-refractivity contribution in [2.45, 2.75) is 36.7 Å². The number of nitrogens with zero attached hydrogens (tertiary/aromatic N) is 2. The van der Waals surface area contributed by atoms with Gasteiger partial charge in [-0.25, -0.2) is 13.1 Å². The molecule has 1 aromatic carbocycles. The summed E-state index contributed by atoms with van der Waals surface area (Å²) in [6.45, 7) is -0.0308.